The number of hydrogen-bond acceptors (Lipinski definition) is 2. The van der Waals surface area contributed by atoms with Gasteiger partial charge in [-0.15, -0.1) is 12.4 Å². The molecule has 0 aromatic carbocycles. The zero-order valence-electron chi connectivity index (χ0n) is 9.66. The molecule has 90 valence electrons. The van der Waals surface area contributed by atoms with Crippen LogP contribution < -0.4 is 11.1 Å². The van der Waals surface area contributed by atoms with Crippen LogP contribution in [0.4, 0.5) is 0 Å². The summed E-state index contributed by atoms with van der Waals surface area (Å²) in [5.41, 5.74) is 5.77. The molecule has 1 fully saturated rings. The molecule has 1 amide bonds. The molecule has 1 atom stereocenters. The van der Waals surface area contributed by atoms with Crippen molar-refractivity contribution < 1.29 is 4.79 Å². The smallest absolute Gasteiger partial charge is 0.237 e. The number of rotatable bonds is 3. The molecular weight excluding hydrogens is 212 g/mol. The van der Waals surface area contributed by atoms with E-state index in [1.807, 2.05) is 13.8 Å². The van der Waals surface area contributed by atoms with Gasteiger partial charge in [-0.05, 0) is 18.8 Å². The first kappa shape index (κ1) is 14.7. The molecule has 0 radical (unpaired) electrons. The van der Waals surface area contributed by atoms with Crippen molar-refractivity contribution >= 4 is 18.3 Å². The predicted octanol–water partition coefficient (Wildman–Crippen LogP) is 1.84. The number of nitrogens with two attached hydrogens (primary N) is 1. The summed E-state index contributed by atoms with van der Waals surface area (Å²) in [6.45, 7) is 3.95. The van der Waals surface area contributed by atoms with Crippen molar-refractivity contribution in [2.24, 2.45) is 11.7 Å². The van der Waals surface area contributed by atoms with Crippen molar-refractivity contribution in [3.63, 3.8) is 0 Å². The fraction of sp³-hybridized carbons (Fsp3) is 0.909. The number of carbonyl (C=O) groups is 1. The van der Waals surface area contributed by atoms with Crippen LogP contribution in [0.5, 0.6) is 0 Å². The summed E-state index contributed by atoms with van der Waals surface area (Å²) in [5.74, 6) is 0.241. The Kier molecular flexibility index (Phi) is 6.94. The molecule has 0 heterocycles. The molecule has 0 unspecified atom stereocenters. The van der Waals surface area contributed by atoms with Crippen molar-refractivity contribution in [3.05, 3.63) is 0 Å². The third-order valence-electron chi connectivity index (χ3n) is 2.97. The summed E-state index contributed by atoms with van der Waals surface area (Å²) in [6.07, 6.45) is 6.03. The van der Waals surface area contributed by atoms with E-state index >= 15 is 0 Å². The van der Waals surface area contributed by atoms with Gasteiger partial charge in [-0.1, -0.05) is 33.1 Å². The molecule has 15 heavy (non-hydrogen) atoms. The van der Waals surface area contributed by atoms with E-state index in [4.69, 9.17) is 5.73 Å². The summed E-state index contributed by atoms with van der Waals surface area (Å²) >= 11 is 0. The molecule has 1 aliphatic rings. The summed E-state index contributed by atoms with van der Waals surface area (Å²) in [7, 11) is 0. The number of carbonyl (C=O) groups excluding carboxylic acids is 1. The molecule has 4 heteroatoms. The highest BCUT2D eigenvalue weighted by Gasteiger charge is 2.21. The van der Waals surface area contributed by atoms with E-state index in [-0.39, 0.29) is 30.3 Å². The van der Waals surface area contributed by atoms with Crippen LogP contribution in [0.1, 0.15) is 46.0 Å². The maximum atomic E-state index is 11.6. The van der Waals surface area contributed by atoms with Gasteiger partial charge in [0.25, 0.3) is 0 Å². The van der Waals surface area contributed by atoms with Crippen molar-refractivity contribution in [2.45, 2.75) is 58.0 Å². The second-order valence-corrected chi connectivity index (χ2v) is 4.61. The van der Waals surface area contributed by atoms with Gasteiger partial charge in [-0.25, -0.2) is 0 Å². The largest absolute Gasteiger partial charge is 0.352 e. The van der Waals surface area contributed by atoms with Crippen LogP contribution in [0.25, 0.3) is 0 Å². The fourth-order valence-electron chi connectivity index (χ4n) is 1.85. The maximum absolute atomic E-state index is 11.6. The Morgan fingerprint density at radius 1 is 1.27 bits per heavy atom. The molecule has 1 aliphatic carbocycles. The Labute approximate surface area is 98.6 Å². The molecule has 0 spiro atoms. The van der Waals surface area contributed by atoms with Crippen molar-refractivity contribution in [1.82, 2.24) is 5.32 Å². The molecule has 1 saturated carbocycles. The van der Waals surface area contributed by atoms with Crippen molar-refractivity contribution in [1.29, 1.82) is 0 Å². The van der Waals surface area contributed by atoms with E-state index in [9.17, 15) is 4.79 Å². The lowest BCUT2D eigenvalue weighted by Gasteiger charge is -2.25. The summed E-state index contributed by atoms with van der Waals surface area (Å²) < 4.78 is 0. The summed E-state index contributed by atoms with van der Waals surface area (Å²) in [5, 5.41) is 3.04. The van der Waals surface area contributed by atoms with Gasteiger partial charge in [0.1, 0.15) is 0 Å². The zero-order valence-corrected chi connectivity index (χ0v) is 10.5. The second-order valence-electron chi connectivity index (χ2n) is 4.61. The first-order chi connectivity index (χ1) is 6.61. The first-order valence-electron chi connectivity index (χ1n) is 5.67. The SMILES string of the molecule is CC(C)[C@@H](N)C(=O)NC1CCCCC1.Cl. The Morgan fingerprint density at radius 3 is 2.27 bits per heavy atom. The molecule has 0 aromatic rings. The highest BCUT2D eigenvalue weighted by Crippen LogP contribution is 2.17. The van der Waals surface area contributed by atoms with Crippen LogP contribution >= 0.6 is 12.4 Å². The molecule has 3 nitrogen and oxygen atoms in total. The number of nitrogens with one attached hydrogen (secondary N) is 1. The second kappa shape index (κ2) is 7.07. The lowest BCUT2D eigenvalue weighted by atomic mass is 9.94. The Balaban J connectivity index is 0.00000196. The van der Waals surface area contributed by atoms with Gasteiger partial charge in [0.15, 0.2) is 0 Å². The highest BCUT2D eigenvalue weighted by molar-refractivity contribution is 5.85. The minimum absolute atomic E-state index is 0. The first-order valence-corrected chi connectivity index (χ1v) is 5.67. The highest BCUT2D eigenvalue weighted by atomic mass is 35.5. The van der Waals surface area contributed by atoms with Crippen LogP contribution in [-0.4, -0.2) is 18.0 Å². The number of halogens is 1. The average molecular weight is 235 g/mol. The van der Waals surface area contributed by atoms with Gasteiger partial charge < -0.3 is 11.1 Å². The summed E-state index contributed by atoms with van der Waals surface area (Å²) in [6, 6.07) is 0.0259. The van der Waals surface area contributed by atoms with Gasteiger partial charge in [0.2, 0.25) is 5.91 Å². The van der Waals surface area contributed by atoms with Crippen LogP contribution in [0.3, 0.4) is 0 Å². The standard InChI is InChI=1S/C11H22N2O.ClH/c1-8(2)10(12)11(14)13-9-6-4-3-5-7-9;/h8-10H,3-7,12H2,1-2H3,(H,13,14);1H/t10-;/m1./s1. The zero-order chi connectivity index (χ0) is 10.6. The van der Waals surface area contributed by atoms with Crippen molar-refractivity contribution in [2.75, 3.05) is 0 Å². The molecule has 3 N–H and O–H groups in total. The fourth-order valence-corrected chi connectivity index (χ4v) is 1.85. The van der Waals surface area contributed by atoms with E-state index in [2.05, 4.69) is 5.32 Å². The van der Waals surface area contributed by atoms with Gasteiger partial charge in [-0.3, -0.25) is 4.79 Å². The minimum Gasteiger partial charge on any atom is -0.352 e. The maximum Gasteiger partial charge on any atom is 0.237 e. The van der Waals surface area contributed by atoms with E-state index in [0.717, 1.165) is 12.8 Å². The molecule has 0 bridgehead atoms. The molecule has 0 saturated heterocycles. The summed E-state index contributed by atoms with van der Waals surface area (Å²) in [4.78, 5) is 11.6. The van der Waals surface area contributed by atoms with Gasteiger partial charge in [-0.2, -0.15) is 0 Å². The molecule has 0 aromatic heterocycles. The molecule has 0 aliphatic heterocycles. The quantitative estimate of drug-likeness (QED) is 0.783. The predicted molar refractivity (Wildman–Crippen MR) is 65.1 cm³/mol. The minimum atomic E-state index is -0.350. The monoisotopic (exact) mass is 234 g/mol. The van der Waals surface area contributed by atoms with Gasteiger partial charge >= 0.3 is 0 Å². The van der Waals surface area contributed by atoms with Crippen LogP contribution in [0.2, 0.25) is 0 Å². The lowest BCUT2D eigenvalue weighted by molar-refractivity contribution is -0.124. The number of hydrogen-bond donors (Lipinski definition) is 2. The van der Waals surface area contributed by atoms with E-state index in [1.54, 1.807) is 0 Å². The molecule has 1 rings (SSSR count). The van der Waals surface area contributed by atoms with E-state index in [0.29, 0.717) is 6.04 Å². The topological polar surface area (TPSA) is 55.1 Å². The van der Waals surface area contributed by atoms with Gasteiger partial charge in [0, 0.05) is 6.04 Å². The van der Waals surface area contributed by atoms with E-state index < -0.39 is 0 Å². The third-order valence-corrected chi connectivity index (χ3v) is 2.97. The average Bonchev–Trinajstić information content (AvgIpc) is 2.18. The van der Waals surface area contributed by atoms with Crippen LogP contribution in [0.15, 0.2) is 0 Å². The van der Waals surface area contributed by atoms with Crippen LogP contribution in [0, 0.1) is 5.92 Å². The Hall–Kier alpha value is -0.280. The Morgan fingerprint density at radius 2 is 1.80 bits per heavy atom. The third kappa shape index (κ3) is 4.85. The van der Waals surface area contributed by atoms with Crippen molar-refractivity contribution in [3.8, 4) is 0 Å². The lowest BCUT2D eigenvalue weighted by Crippen LogP contribution is -2.48. The number of amides is 1. The normalized spacial score (nSPS) is 19.5. The molecular formula is C11H23ClN2O. The van der Waals surface area contributed by atoms with Crippen LogP contribution in [-0.2, 0) is 4.79 Å². The van der Waals surface area contributed by atoms with Gasteiger partial charge in [0.05, 0.1) is 6.04 Å². The van der Waals surface area contributed by atoms with E-state index in [1.165, 1.54) is 19.3 Å². The Bertz CT molecular complexity index is 191.